The molecule has 1 aromatic rings. The SMILES string of the molecule is COC(CNc1ccc(C(F)(F)F)c(C#N)c1)OC. The molecule has 0 aromatic heterocycles. The Morgan fingerprint density at radius 2 is 1.95 bits per heavy atom. The van der Waals surface area contributed by atoms with Gasteiger partial charge in [0.05, 0.1) is 23.7 Å². The Morgan fingerprint density at radius 3 is 2.42 bits per heavy atom. The number of benzene rings is 1. The Hall–Kier alpha value is -1.78. The van der Waals surface area contributed by atoms with E-state index in [0.717, 1.165) is 12.1 Å². The van der Waals surface area contributed by atoms with Crippen LogP contribution in [0.1, 0.15) is 11.1 Å². The number of nitrogens with zero attached hydrogens (tertiary/aromatic N) is 1. The zero-order chi connectivity index (χ0) is 14.5. The predicted octanol–water partition coefficient (Wildman–Crippen LogP) is 2.61. The average molecular weight is 274 g/mol. The van der Waals surface area contributed by atoms with Crippen molar-refractivity contribution in [1.82, 2.24) is 0 Å². The molecule has 19 heavy (non-hydrogen) atoms. The lowest BCUT2D eigenvalue weighted by atomic mass is 10.1. The van der Waals surface area contributed by atoms with Crippen LogP contribution < -0.4 is 5.32 Å². The molecular weight excluding hydrogens is 261 g/mol. The number of hydrogen-bond acceptors (Lipinski definition) is 4. The van der Waals surface area contributed by atoms with Gasteiger partial charge in [-0.25, -0.2) is 0 Å². The lowest BCUT2D eigenvalue weighted by Gasteiger charge is -2.16. The van der Waals surface area contributed by atoms with Gasteiger partial charge >= 0.3 is 6.18 Å². The Labute approximate surface area is 108 Å². The molecule has 0 radical (unpaired) electrons. The van der Waals surface area contributed by atoms with Crippen molar-refractivity contribution in [2.75, 3.05) is 26.1 Å². The maximum atomic E-state index is 12.6. The third-order valence-corrected chi connectivity index (χ3v) is 2.44. The number of alkyl halides is 3. The van der Waals surface area contributed by atoms with Gasteiger partial charge in [0, 0.05) is 19.9 Å². The molecule has 0 aliphatic carbocycles. The molecule has 0 spiro atoms. The number of nitrogens with one attached hydrogen (secondary N) is 1. The van der Waals surface area contributed by atoms with Gasteiger partial charge in [-0.3, -0.25) is 0 Å². The number of methoxy groups -OCH3 is 2. The minimum atomic E-state index is -4.54. The van der Waals surface area contributed by atoms with Crippen molar-refractivity contribution >= 4 is 5.69 Å². The molecule has 7 heteroatoms. The monoisotopic (exact) mass is 274 g/mol. The quantitative estimate of drug-likeness (QED) is 0.838. The Balaban J connectivity index is 2.87. The van der Waals surface area contributed by atoms with Gasteiger partial charge in [-0.2, -0.15) is 18.4 Å². The van der Waals surface area contributed by atoms with E-state index in [0.29, 0.717) is 5.69 Å². The van der Waals surface area contributed by atoms with Crippen LogP contribution in [0.4, 0.5) is 18.9 Å². The number of hydrogen-bond donors (Lipinski definition) is 1. The van der Waals surface area contributed by atoms with E-state index < -0.39 is 23.6 Å². The molecule has 4 nitrogen and oxygen atoms in total. The first-order valence-corrected chi connectivity index (χ1v) is 5.33. The second kappa shape index (κ2) is 6.41. The van der Waals surface area contributed by atoms with Gasteiger partial charge in [0.15, 0.2) is 6.29 Å². The molecule has 1 N–H and O–H groups in total. The number of rotatable bonds is 5. The summed E-state index contributed by atoms with van der Waals surface area (Å²) < 4.78 is 47.6. The zero-order valence-corrected chi connectivity index (χ0v) is 10.4. The van der Waals surface area contributed by atoms with Crippen LogP contribution in [0.15, 0.2) is 18.2 Å². The zero-order valence-electron chi connectivity index (χ0n) is 10.4. The number of ether oxygens (including phenoxy) is 2. The van der Waals surface area contributed by atoms with Crippen LogP contribution in [0.5, 0.6) is 0 Å². The van der Waals surface area contributed by atoms with Gasteiger partial charge in [0.2, 0.25) is 0 Å². The third kappa shape index (κ3) is 4.12. The molecule has 0 aliphatic rings. The van der Waals surface area contributed by atoms with Gasteiger partial charge in [-0.1, -0.05) is 0 Å². The highest BCUT2D eigenvalue weighted by Crippen LogP contribution is 2.32. The van der Waals surface area contributed by atoms with Crippen molar-refractivity contribution in [2.24, 2.45) is 0 Å². The maximum absolute atomic E-state index is 12.6. The van der Waals surface area contributed by atoms with Crippen molar-refractivity contribution in [2.45, 2.75) is 12.5 Å². The fraction of sp³-hybridized carbons (Fsp3) is 0.417. The molecule has 0 heterocycles. The van der Waals surface area contributed by atoms with Crippen LogP contribution in [0.25, 0.3) is 0 Å². The Kier molecular flexibility index (Phi) is 5.15. The Morgan fingerprint density at radius 1 is 1.32 bits per heavy atom. The molecule has 0 bridgehead atoms. The second-order valence-corrected chi connectivity index (χ2v) is 3.65. The number of halogens is 3. The average Bonchev–Trinajstić information content (AvgIpc) is 2.38. The largest absolute Gasteiger partial charge is 0.417 e. The summed E-state index contributed by atoms with van der Waals surface area (Å²) in [5, 5.41) is 11.6. The van der Waals surface area contributed by atoms with Crippen LogP contribution in [-0.2, 0) is 15.7 Å². The predicted molar refractivity (Wildman–Crippen MR) is 62.5 cm³/mol. The van der Waals surface area contributed by atoms with E-state index in [2.05, 4.69) is 5.32 Å². The fourth-order valence-electron chi connectivity index (χ4n) is 1.46. The van der Waals surface area contributed by atoms with Crippen molar-refractivity contribution in [3.05, 3.63) is 29.3 Å². The molecule has 0 unspecified atom stereocenters. The summed E-state index contributed by atoms with van der Waals surface area (Å²) >= 11 is 0. The number of nitriles is 1. The van der Waals surface area contributed by atoms with Crippen LogP contribution >= 0.6 is 0 Å². The van der Waals surface area contributed by atoms with Crippen LogP contribution in [0.3, 0.4) is 0 Å². The normalized spacial score (nSPS) is 11.4. The lowest BCUT2D eigenvalue weighted by Crippen LogP contribution is -2.23. The van der Waals surface area contributed by atoms with E-state index in [9.17, 15) is 13.2 Å². The van der Waals surface area contributed by atoms with Crippen LogP contribution in [0.2, 0.25) is 0 Å². The number of anilines is 1. The van der Waals surface area contributed by atoms with Crippen molar-refractivity contribution < 1.29 is 22.6 Å². The third-order valence-electron chi connectivity index (χ3n) is 2.44. The van der Waals surface area contributed by atoms with E-state index >= 15 is 0 Å². The van der Waals surface area contributed by atoms with Gasteiger partial charge in [0.25, 0.3) is 0 Å². The summed E-state index contributed by atoms with van der Waals surface area (Å²) in [6.45, 7) is 0.253. The minimum Gasteiger partial charge on any atom is -0.380 e. The first-order valence-electron chi connectivity index (χ1n) is 5.33. The Bertz CT molecular complexity index is 465. The van der Waals surface area contributed by atoms with Crippen LogP contribution in [-0.4, -0.2) is 27.1 Å². The maximum Gasteiger partial charge on any atom is 0.417 e. The lowest BCUT2D eigenvalue weighted by molar-refractivity contribution is -0.137. The molecule has 0 amide bonds. The van der Waals surface area contributed by atoms with Gasteiger partial charge in [-0.15, -0.1) is 0 Å². The minimum absolute atomic E-state index is 0.253. The standard InChI is InChI=1S/C12H13F3N2O2/c1-18-11(19-2)7-17-9-3-4-10(12(13,14)15)8(5-9)6-16/h3-5,11,17H,7H2,1-2H3. The summed E-state index contributed by atoms with van der Waals surface area (Å²) in [6, 6.07) is 4.81. The van der Waals surface area contributed by atoms with E-state index in [1.807, 2.05) is 0 Å². The van der Waals surface area contributed by atoms with E-state index in [4.69, 9.17) is 14.7 Å². The van der Waals surface area contributed by atoms with Gasteiger partial charge in [0.1, 0.15) is 0 Å². The van der Waals surface area contributed by atoms with E-state index in [1.165, 1.54) is 26.4 Å². The highest BCUT2D eigenvalue weighted by molar-refractivity contribution is 5.53. The molecule has 1 rings (SSSR count). The smallest absolute Gasteiger partial charge is 0.380 e. The summed E-state index contributed by atoms with van der Waals surface area (Å²) in [5.74, 6) is 0. The molecule has 0 aliphatic heterocycles. The summed E-state index contributed by atoms with van der Waals surface area (Å²) in [5.41, 5.74) is -0.983. The molecule has 0 atom stereocenters. The summed E-state index contributed by atoms with van der Waals surface area (Å²) in [4.78, 5) is 0. The molecule has 104 valence electrons. The highest BCUT2D eigenvalue weighted by atomic mass is 19.4. The topological polar surface area (TPSA) is 54.3 Å². The van der Waals surface area contributed by atoms with Crippen molar-refractivity contribution in [1.29, 1.82) is 5.26 Å². The first kappa shape index (κ1) is 15.3. The molecular formula is C12H13F3N2O2. The second-order valence-electron chi connectivity index (χ2n) is 3.65. The molecule has 0 saturated carbocycles. The van der Waals surface area contributed by atoms with Crippen molar-refractivity contribution in [3.8, 4) is 6.07 Å². The van der Waals surface area contributed by atoms with Gasteiger partial charge < -0.3 is 14.8 Å². The summed E-state index contributed by atoms with van der Waals surface area (Å²) in [7, 11) is 2.90. The van der Waals surface area contributed by atoms with E-state index in [1.54, 1.807) is 0 Å². The van der Waals surface area contributed by atoms with Gasteiger partial charge in [-0.05, 0) is 18.2 Å². The fourth-order valence-corrected chi connectivity index (χ4v) is 1.46. The highest BCUT2D eigenvalue weighted by Gasteiger charge is 2.33. The molecule has 1 aromatic carbocycles. The van der Waals surface area contributed by atoms with Crippen LogP contribution in [0, 0.1) is 11.3 Å². The summed E-state index contributed by atoms with van der Waals surface area (Å²) in [6.07, 6.45) is -5.06. The first-order chi connectivity index (χ1) is 8.92. The molecule has 0 fully saturated rings. The van der Waals surface area contributed by atoms with E-state index in [-0.39, 0.29) is 6.54 Å². The molecule has 0 saturated heterocycles. The van der Waals surface area contributed by atoms with Crippen molar-refractivity contribution in [3.63, 3.8) is 0 Å².